The standard InChI is InChI=1S/C11H22N2/c1-8-6-11(7-13(8)3)12-9(2)10-4-5-10/h8-12H,4-7H2,1-3H3. The summed E-state index contributed by atoms with van der Waals surface area (Å²) in [5.41, 5.74) is 0. The summed E-state index contributed by atoms with van der Waals surface area (Å²) in [6, 6.07) is 2.27. The van der Waals surface area contributed by atoms with Crippen LogP contribution < -0.4 is 5.32 Å². The maximum Gasteiger partial charge on any atom is 0.0212 e. The summed E-state index contributed by atoms with van der Waals surface area (Å²) in [6.07, 6.45) is 4.23. The summed E-state index contributed by atoms with van der Waals surface area (Å²) in [7, 11) is 2.23. The van der Waals surface area contributed by atoms with E-state index in [1.54, 1.807) is 0 Å². The predicted octanol–water partition coefficient (Wildman–Crippen LogP) is 1.47. The van der Waals surface area contributed by atoms with Gasteiger partial charge in [-0.15, -0.1) is 0 Å². The molecule has 0 amide bonds. The van der Waals surface area contributed by atoms with Gasteiger partial charge < -0.3 is 10.2 Å². The number of hydrogen-bond donors (Lipinski definition) is 1. The summed E-state index contributed by atoms with van der Waals surface area (Å²) in [4.78, 5) is 2.46. The van der Waals surface area contributed by atoms with Gasteiger partial charge in [0.25, 0.3) is 0 Å². The van der Waals surface area contributed by atoms with Gasteiger partial charge in [-0.2, -0.15) is 0 Å². The highest BCUT2D eigenvalue weighted by atomic mass is 15.2. The highest BCUT2D eigenvalue weighted by molar-refractivity contribution is 4.90. The normalized spacial score (nSPS) is 38.1. The van der Waals surface area contributed by atoms with Gasteiger partial charge in [0.15, 0.2) is 0 Å². The molecule has 76 valence electrons. The molecule has 0 aromatic heterocycles. The molecule has 2 heteroatoms. The zero-order chi connectivity index (χ0) is 9.42. The Kier molecular flexibility index (Phi) is 2.61. The fraction of sp³-hybridized carbons (Fsp3) is 1.00. The molecular weight excluding hydrogens is 160 g/mol. The molecule has 0 aromatic carbocycles. The van der Waals surface area contributed by atoms with Crippen molar-refractivity contribution in [2.75, 3.05) is 13.6 Å². The van der Waals surface area contributed by atoms with E-state index in [1.165, 1.54) is 25.8 Å². The van der Waals surface area contributed by atoms with Gasteiger partial charge in [0.05, 0.1) is 0 Å². The Hall–Kier alpha value is -0.0800. The second-order valence-corrected chi connectivity index (χ2v) is 5.01. The molecule has 1 N–H and O–H groups in total. The zero-order valence-electron chi connectivity index (χ0n) is 9.09. The molecule has 0 spiro atoms. The van der Waals surface area contributed by atoms with Crippen LogP contribution >= 0.6 is 0 Å². The first-order valence-electron chi connectivity index (χ1n) is 5.63. The third kappa shape index (κ3) is 2.23. The first kappa shape index (κ1) is 9.47. The number of nitrogens with zero attached hydrogens (tertiary/aromatic N) is 1. The first-order chi connectivity index (χ1) is 6.16. The van der Waals surface area contributed by atoms with Crippen molar-refractivity contribution in [3.8, 4) is 0 Å². The minimum atomic E-state index is 0.746. The molecule has 2 nitrogen and oxygen atoms in total. The van der Waals surface area contributed by atoms with Crippen LogP contribution in [0.2, 0.25) is 0 Å². The van der Waals surface area contributed by atoms with Crippen molar-refractivity contribution < 1.29 is 0 Å². The van der Waals surface area contributed by atoms with E-state index >= 15 is 0 Å². The van der Waals surface area contributed by atoms with Crippen LogP contribution in [0.5, 0.6) is 0 Å². The van der Waals surface area contributed by atoms with Crippen LogP contribution in [0.25, 0.3) is 0 Å². The Morgan fingerprint density at radius 1 is 1.38 bits per heavy atom. The average molecular weight is 182 g/mol. The van der Waals surface area contributed by atoms with Gasteiger partial charge >= 0.3 is 0 Å². The maximum absolute atomic E-state index is 3.76. The number of likely N-dealkylation sites (tertiary alicyclic amines) is 1. The van der Waals surface area contributed by atoms with Crippen LogP contribution in [0.4, 0.5) is 0 Å². The number of nitrogens with one attached hydrogen (secondary N) is 1. The molecule has 0 radical (unpaired) electrons. The van der Waals surface area contributed by atoms with Crippen molar-refractivity contribution in [2.24, 2.45) is 5.92 Å². The molecule has 3 atom stereocenters. The second kappa shape index (κ2) is 3.58. The fourth-order valence-corrected chi connectivity index (χ4v) is 2.42. The van der Waals surface area contributed by atoms with E-state index in [0.29, 0.717) is 0 Å². The van der Waals surface area contributed by atoms with Gasteiger partial charge in [0.2, 0.25) is 0 Å². The molecule has 3 unspecified atom stereocenters. The Morgan fingerprint density at radius 3 is 2.54 bits per heavy atom. The van der Waals surface area contributed by atoms with Gasteiger partial charge in [-0.3, -0.25) is 0 Å². The molecule has 1 heterocycles. The van der Waals surface area contributed by atoms with Crippen molar-refractivity contribution in [1.29, 1.82) is 0 Å². The summed E-state index contributed by atoms with van der Waals surface area (Å²) in [5, 5.41) is 3.76. The lowest BCUT2D eigenvalue weighted by molar-refractivity contribution is 0.323. The van der Waals surface area contributed by atoms with Crippen molar-refractivity contribution in [1.82, 2.24) is 10.2 Å². The fourth-order valence-electron chi connectivity index (χ4n) is 2.42. The Morgan fingerprint density at radius 2 is 2.08 bits per heavy atom. The molecule has 1 saturated heterocycles. The quantitative estimate of drug-likeness (QED) is 0.711. The predicted molar refractivity (Wildman–Crippen MR) is 55.8 cm³/mol. The van der Waals surface area contributed by atoms with Crippen LogP contribution in [0.1, 0.15) is 33.1 Å². The van der Waals surface area contributed by atoms with Crippen LogP contribution in [-0.2, 0) is 0 Å². The van der Waals surface area contributed by atoms with E-state index in [4.69, 9.17) is 0 Å². The first-order valence-corrected chi connectivity index (χ1v) is 5.63. The van der Waals surface area contributed by atoms with E-state index in [-0.39, 0.29) is 0 Å². The molecule has 2 rings (SSSR count). The van der Waals surface area contributed by atoms with Crippen molar-refractivity contribution >= 4 is 0 Å². The SMILES string of the molecule is CC(NC1CC(C)N(C)C1)C1CC1. The van der Waals surface area contributed by atoms with Gasteiger partial charge in [-0.05, 0) is 46.1 Å². The van der Waals surface area contributed by atoms with E-state index < -0.39 is 0 Å². The lowest BCUT2D eigenvalue weighted by Gasteiger charge is -2.18. The summed E-state index contributed by atoms with van der Waals surface area (Å²) in [5.74, 6) is 0.987. The Labute approximate surface area is 81.7 Å². The summed E-state index contributed by atoms with van der Waals surface area (Å²) < 4.78 is 0. The lowest BCUT2D eigenvalue weighted by atomic mass is 10.1. The monoisotopic (exact) mass is 182 g/mol. The van der Waals surface area contributed by atoms with Gasteiger partial charge in [-0.1, -0.05) is 0 Å². The van der Waals surface area contributed by atoms with E-state index in [9.17, 15) is 0 Å². The van der Waals surface area contributed by atoms with E-state index in [2.05, 4.69) is 31.1 Å². The topological polar surface area (TPSA) is 15.3 Å². The average Bonchev–Trinajstić information content (AvgIpc) is 2.81. The Balaban J connectivity index is 1.76. The maximum atomic E-state index is 3.76. The largest absolute Gasteiger partial charge is 0.310 e. The molecule has 0 aromatic rings. The molecule has 1 aliphatic heterocycles. The van der Waals surface area contributed by atoms with Crippen molar-refractivity contribution in [3.63, 3.8) is 0 Å². The number of hydrogen-bond acceptors (Lipinski definition) is 2. The third-order valence-electron chi connectivity index (χ3n) is 3.71. The molecule has 1 saturated carbocycles. The smallest absolute Gasteiger partial charge is 0.0212 e. The highest BCUT2D eigenvalue weighted by Crippen LogP contribution is 2.33. The van der Waals surface area contributed by atoms with Gasteiger partial charge in [-0.25, -0.2) is 0 Å². The van der Waals surface area contributed by atoms with Gasteiger partial charge in [0.1, 0.15) is 0 Å². The third-order valence-corrected chi connectivity index (χ3v) is 3.71. The van der Waals surface area contributed by atoms with E-state index in [0.717, 1.165) is 24.0 Å². The summed E-state index contributed by atoms with van der Waals surface area (Å²) in [6.45, 7) is 5.91. The number of rotatable bonds is 3. The van der Waals surface area contributed by atoms with E-state index in [1.807, 2.05) is 0 Å². The van der Waals surface area contributed by atoms with Crippen molar-refractivity contribution in [2.45, 2.75) is 51.2 Å². The lowest BCUT2D eigenvalue weighted by Crippen LogP contribution is -2.39. The highest BCUT2D eigenvalue weighted by Gasteiger charge is 2.32. The molecule has 2 aliphatic rings. The second-order valence-electron chi connectivity index (χ2n) is 5.01. The molecule has 1 aliphatic carbocycles. The van der Waals surface area contributed by atoms with Crippen LogP contribution in [0.3, 0.4) is 0 Å². The zero-order valence-corrected chi connectivity index (χ0v) is 9.09. The minimum Gasteiger partial charge on any atom is -0.310 e. The van der Waals surface area contributed by atoms with Crippen LogP contribution in [0, 0.1) is 5.92 Å². The molecule has 0 bridgehead atoms. The van der Waals surface area contributed by atoms with Gasteiger partial charge in [0, 0.05) is 24.7 Å². The van der Waals surface area contributed by atoms with Crippen LogP contribution in [0.15, 0.2) is 0 Å². The summed E-state index contributed by atoms with van der Waals surface area (Å²) >= 11 is 0. The molecular formula is C11H22N2. The molecule has 13 heavy (non-hydrogen) atoms. The Bertz CT molecular complexity index is 167. The minimum absolute atomic E-state index is 0.746. The van der Waals surface area contributed by atoms with Crippen LogP contribution in [-0.4, -0.2) is 36.6 Å². The number of likely N-dealkylation sites (N-methyl/N-ethyl adjacent to an activating group) is 1. The molecule has 2 fully saturated rings. The van der Waals surface area contributed by atoms with Crippen molar-refractivity contribution in [3.05, 3.63) is 0 Å².